The van der Waals surface area contributed by atoms with Crippen LogP contribution in [0, 0.1) is 17.7 Å². The van der Waals surface area contributed by atoms with E-state index in [0.29, 0.717) is 23.0 Å². The van der Waals surface area contributed by atoms with E-state index in [1.54, 1.807) is 12.1 Å². The fourth-order valence-electron chi connectivity index (χ4n) is 3.59. The number of hydrogen-bond donors (Lipinski definition) is 2. The molecule has 0 bridgehead atoms. The lowest BCUT2D eigenvalue weighted by Gasteiger charge is -2.31. The molecule has 1 fully saturated rings. The molecule has 1 aromatic carbocycles. The Hall–Kier alpha value is -1.70. The van der Waals surface area contributed by atoms with Crippen LogP contribution in [0.25, 0.3) is 11.4 Å². The zero-order valence-electron chi connectivity index (χ0n) is 15.8. The number of aryl methyl sites for hydroxylation is 1. The van der Waals surface area contributed by atoms with Crippen molar-refractivity contribution in [3.05, 3.63) is 29.8 Å². The fraction of sp³-hybridized carbons (Fsp3) is 0.526. The molecule has 6 nitrogen and oxygen atoms in total. The van der Waals surface area contributed by atoms with Crippen LogP contribution in [-0.4, -0.2) is 33.8 Å². The van der Waals surface area contributed by atoms with Crippen molar-refractivity contribution in [2.45, 2.75) is 39.2 Å². The Bertz CT molecular complexity index is 825. The Morgan fingerprint density at radius 2 is 2.04 bits per heavy atom. The Morgan fingerprint density at radius 3 is 2.75 bits per heavy atom. The van der Waals surface area contributed by atoms with Gasteiger partial charge in [-0.05, 0) is 50.0 Å². The van der Waals surface area contributed by atoms with Gasteiger partial charge in [-0.1, -0.05) is 13.3 Å². The molecule has 154 valence electrons. The van der Waals surface area contributed by atoms with E-state index >= 15 is 0 Å². The molecule has 1 atom stereocenters. The molecule has 1 unspecified atom stereocenters. The Morgan fingerprint density at radius 1 is 1.25 bits per heavy atom. The monoisotopic (exact) mass is 429 g/mol. The van der Waals surface area contributed by atoms with Crippen molar-refractivity contribution in [1.82, 2.24) is 20.1 Å². The van der Waals surface area contributed by atoms with Gasteiger partial charge in [0.1, 0.15) is 11.6 Å². The highest BCUT2D eigenvalue weighted by Gasteiger charge is 2.29. The molecule has 1 amide bonds. The lowest BCUT2D eigenvalue weighted by Crippen LogP contribution is -2.48. The van der Waals surface area contributed by atoms with Crippen molar-refractivity contribution >= 4 is 36.4 Å². The van der Waals surface area contributed by atoms with Gasteiger partial charge in [-0.15, -0.1) is 35.0 Å². The molecule has 2 N–H and O–H groups in total. The van der Waals surface area contributed by atoms with Crippen molar-refractivity contribution in [3.63, 3.8) is 0 Å². The zero-order valence-corrected chi connectivity index (χ0v) is 17.4. The first-order valence-electron chi connectivity index (χ1n) is 9.37. The molecule has 1 saturated heterocycles. The Labute approximate surface area is 176 Å². The van der Waals surface area contributed by atoms with E-state index in [1.165, 1.54) is 6.07 Å². The number of rotatable bonds is 4. The second kappa shape index (κ2) is 9.67. The number of anilines is 1. The van der Waals surface area contributed by atoms with E-state index in [2.05, 4.69) is 20.8 Å². The average Bonchev–Trinajstić information content (AvgIpc) is 2.83. The summed E-state index contributed by atoms with van der Waals surface area (Å²) in [6.07, 6.45) is 4.15. The van der Waals surface area contributed by atoms with Crippen molar-refractivity contribution in [3.8, 4) is 11.4 Å². The van der Waals surface area contributed by atoms with Crippen LogP contribution in [0.15, 0.2) is 18.2 Å². The van der Waals surface area contributed by atoms with Crippen LogP contribution < -0.4 is 10.6 Å². The molecule has 0 spiro atoms. The number of benzene rings is 1. The van der Waals surface area contributed by atoms with E-state index < -0.39 is 0 Å². The van der Waals surface area contributed by atoms with Gasteiger partial charge < -0.3 is 15.2 Å². The summed E-state index contributed by atoms with van der Waals surface area (Å²) in [6.45, 7) is 4.48. The summed E-state index contributed by atoms with van der Waals surface area (Å²) in [4.78, 5) is 12.4. The Kier molecular flexibility index (Phi) is 7.80. The minimum absolute atomic E-state index is 0. The number of hydrogen-bond acceptors (Lipinski definition) is 4. The predicted molar refractivity (Wildman–Crippen MR) is 112 cm³/mol. The van der Waals surface area contributed by atoms with Gasteiger partial charge in [0, 0.05) is 24.6 Å². The first-order chi connectivity index (χ1) is 12.6. The summed E-state index contributed by atoms with van der Waals surface area (Å²) in [5, 5.41) is 14.6. The van der Waals surface area contributed by atoms with Gasteiger partial charge in [-0.25, -0.2) is 4.39 Å². The molecular weight excluding hydrogens is 404 g/mol. The van der Waals surface area contributed by atoms with Gasteiger partial charge in [0.05, 0.1) is 5.56 Å². The number of carbonyl (C=O) groups excluding carboxylic acids is 1. The summed E-state index contributed by atoms with van der Waals surface area (Å²) in [6, 6.07) is 4.65. The third-order valence-corrected chi connectivity index (χ3v) is 5.52. The first-order valence-corrected chi connectivity index (χ1v) is 9.37. The molecule has 0 saturated carbocycles. The van der Waals surface area contributed by atoms with E-state index in [-0.39, 0.29) is 42.5 Å². The standard InChI is InChI=1S/C19H24FN5O.2ClH/c1-12(13-10-21-11-13)19(26)22-14-6-7-16(20)15(9-14)18-24-23-17-5-3-2-4-8-25(17)18;;/h6-7,9,12-13,21H,2-5,8,10-11H2,1H3,(H,22,26);2*1H. The average molecular weight is 430 g/mol. The largest absolute Gasteiger partial charge is 0.326 e. The summed E-state index contributed by atoms with van der Waals surface area (Å²) in [7, 11) is 0. The van der Waals surface area contributed by atoms with Crippen LogP contribution in [0.2, 0.25) is 0 Å². The first kappa shape index (κ1) is 22.6. The van der Waals surface area contributed by atoms with E-state index in [9.17, 15) is 9.18 Å². The maximum atomic E-state index is 14.5. The van der Waals surface area contributed by atoms with Gasteiger partial charge in [0.25, 0.3) is 0 Å². The summed E-state index contributed by atoms with van der Waals surface area (Å²) < 4.78 is 16.5. The molecule has 0 aliphatic carbocycles. The summed E-state index contributed by atoms with van der Waals surface area (Å²) in [5.74, 6) is 1.37. The normalized spacial score (nSPS) is 17.2. The maximum Gasteiger partial charge on any atom is 0.227 e. The van der Waals surface area contributed by atoms with Crippen LogP contribution in [0.4, 0.5) is 10.1 Å². The number of aromatic nitrogens is 3. The SMILES string of the molecule is CC(C(=O)Nc1ccc(F)c(-c2nnc3n2CCCCC3)c1)C1CNC1.Cl.Cl. The van der Waals surface area contributed by atoms with Gasteiger partial charge in [0.15, 0.2) is 5.82 Å². The minimum Gasteiger partial charge on any atom is -0.326 e. The quantitative estimate of drug-likeness (QED) is 0.780. The molecular formula is C19H26Cl2FN5O. The molecule has 2 aliphatic heterocycles. The summed E-state index contributed by atoms with van der Waals surface area (Å²) in [5.41, 5.74) is 0.984. The molecule has 0 radical (unpaired) electrons. The second-order valence-corrected chi connectivity index (χ2v) is 7.29. The lowest BCUT2D eigenvalue weighted by atomic mass is 9.88. The number of nitrogens with zero attached hydrogens (tertiary/aromatic N) is 3. The maximum absolute atomic E-state index is 14.5. The van der Waals surface area contributed by atoms with Gasteiger partial charge in [-0.2, -0.15) is 0 Å². The fourth-order valence-corrected chi connectivity index (χ4v) is 3.59. The van der Waals surface area contributed by atoms with E-state index in [0.717, 1.165) is 51.1 Å². The topological polar surface area (TPSA) is 71.8 Å². The highest BCUT2D eigenvalue weighted by molar-refractivity contribution is 5.93. The molecule has 3 heterocycles. The predicted octanol–water partition coefficient (Wildman–Crippen LogP) is 3.45. The van der Waals surface area contributed by atoms with Gasteiger partial charge in [0.2, 0.25) is 5.91 Å². The van der Waals surface area contributed by atoms with Crippen molar-refractivity contribution in [2.24, 2.45) is 11.8 Å². The van der Waals surface area contributed by atoms with Crippen LogP contribution >= 0.6 is 24.8 Å². The number of halogens is 3. The third-order valence-electron chi connectivity index (χ3n) is 5.52. The van der Waals surface area contributed by atoms with Crippen LogP contribution in [0.5, 0.6) is 0 Å². The lowest BCUT2D eigenvalue weighted by molar-refractivity contribution is -0.121. The summed E-state index contributed by atoms with van der Waals surface area (Å²) >= 11 is 0. The zero-order chi connectivity index (χ0) is 18.1. The highest BCUT2D eigenvalue weighted by Crippen LogP contribution is 2.28. The molecule has 9 heteroatoms. The van der Waals surface area contributed by atoms with Gasteiger partial charge in [-0.3, -0.25) is 4.79 Å². The van der Waals surface area contributed by atoms with Gasteiger partial charge >= 0.3 is 0 Å². The van der Waals surface area contributed by atoms with Crippen molar-refractivity contribution < 1.29 is 9.18 Å². The van der Waals surface area contributed by atoms with E-state index in [1.807, 2.05) is 11.5 Å². The second-order valence-electron chi connectivity index (χ2n) is 7.29. The van der Waals surface area contributed by atoms with Crippen molar-refractivity contribution in [1.29, 1.82) is 0 Å². The molecule has 2 aromatic rings. The smallest absolute Gasteiger partial charge is 0.227 e. The Balaban J connectivity index is 0.00000140. The molecule has 28 heavy (non-hydrogen) atoms. The number of fused-ring (bicyclic) bond motifs is 1. The number of nitrogens with one attached hydrogen (secondary N) is 2. The van der Waals surface area contributed by atoms with Crippen LogP contribution in [0.3, 0.4) is 0 Å². The third kappa shape index (κ3) is 4.47. The van der Waals surface area contributed by atoms with Crippen molar-refractivity contribution in [2.75, 3.05) is 18.4 Å². The van der Waals surface area contributed by atoms with Crippen LogP contribution in [-0.2, 0) is 17.8 Å². The van der Waals surface area contributed by atoms with Crippen LogP contribution in [0.1, 0.15) is 32.0 Å². The molecule has 1 aromatic heterocycles. The molecule has 2 aliphatic rings. The van der Waals surface area contributed by atoms with E-state index in [4.69, 9.17) is 0 Å². The molecule has 4 rings (SSSR count). The highest BCUT2D eigenvalue weighted by atomic mass is 35.5. The minimum atomic E-state index is -0.348. The number of carbonyl (C=O) groups is 1. The number of amides is 1.